The Morgan fingerprint density at radius 3 is 2.79 bits per heavy atom. The van der Waals surface area contributed by atoms with Gasteiger partial charge in [-0.05, 0) is 38.3 Å². The summed E-state index contributed by atoms with van der Waals surface area (Å²) < 4.78 is 2.17. The number of unbranched alkanes of at least 4 members (excludes halogenated alkanes) is 3. The number of hydrogen-bond donors (Lipinski definition) is 1. The van der Waals surface area contributed by atoms with E-state index in [4.69, 9.17) is 11.6 Å². The van der Waals surface area contributed by atoms with Crippen LogP contribution in [0.3, 0.4) is 0 Å². The summed E-state index contributed by atoms with van der Waals surface area (Å²) in [6.45, 7) is 1.98. The lowest BCUT2D eigenvalue weighted by atomic mass is 10.2. The normalized spacial score (nSPS) is 16.3. The zero-order chi connectivity index (χ0) is 13.3. The first-order valence-corrected chi connectivity index (χ1v) is 8.24. The number of alkyl halides is 1. The molecule has 2 rings (SSSR count). The Hall–Kier alpha value is -0.540. The average molecular weight is 284 g/mol. The number of rotatable bonds is 9. The van der Waals surface area contributed by atoms with Gasteiger partial charge in [0.25, 0.3) is 0 Å². The van der Waals surface area contributed by atoms with E-state index in [0.29, 0.717) is 6.04 Å². The maximum atomic E-state index is 5.65. The average Bonchev–Trinajstić information content (AvgIpc) is 3.08. The topological polar surface area (TPSA) is 29.9 Å². The van der Waals surface area contributed by atoms with Crippen LogP contribution in [0.25, 0.3) is 0 Å². The second kappa shape index (κ2) is 8.60. The minimum absolute atomic E-state index is 0.657. The number of nitrogens with zero attached hydrogens (tertiary/aromatic N) is 2. The second-order valence-electron chi connectivity index (χ2n) is 5.51. The summed E-state index contributed by atoms with van der Waals surface area (Å²) in [4.78, 5) is 0. The van der Waals surface area contributed by atoms with Gasteiger partial charge < -0.3 is 5.32 Å². The Kier molecular flexibility index (Phi) is 6.72. The summed E-state index contributed by atoms with van der Waals surface area (Å²) >= 11 is 5.65. The van der Waals surface area contributed by atoms with Crippen molar-refractivity contribution < 1.29 is 0 Å². The minimum Gasteiger partial charge on any atom is -0.311 e. The molecule has 1 N–H and O–H groups in total. The van der Waals surface area contributed by atoms with Crippen molar-refractivity contribution in [3.05, 3.63) is 18.0 Å². The molecule has 0 aliphatic heterocycles. The molecule has 0 amide bonds. The fourth-order valence-electron chi connectivity index (χ4n) is 2.76. The molecule has 0 saturated heterocycles. The van der Waals surface area contributed by atoms with Crippen LogP contribution in [0, 0.1) is 0 Å². The van der Waals surface area contributed by atoms with Gasteiger partial charge in [0.15, 0.2) is 0 Å². The van der Waals surface area contributed by atoms with Gasteiger partial charge in [-0.25, -0.2) is 0 Å². The molecule has 1 aromatic rings. The van der Waals surface area contributed by atoms with Crippen LogP contribution in [0.2, 0.25) is 0 Å². The van der Waals surface area contributed by atoms with Gasteiger partial charge in [0.1, 0.15) is 0 Å². The lowest BCUT2D eigenvalue weighted by Crippen LogP contribution is -2.15. The molecule has 0 bridgehead atoms. The van der Waals surface area contributed by atoms with Crippen LogP contribution < -0.4 is 5.32 Å². The van der Waals surface area contributed by atoms with E-state index in [1.165, 1.54) is 50.6 Å². The van der Waals surface area contributed by atoms with Crippen molar-refractivity contribution in [1.82, 2.24) is 15.1 Å². The van der Waals surface area contributed by atoms with Gasteiger partial charge in [-0.3, -0.25) is 4.68 Å². The van der Waals surface area contributed by atoms with Crippen LogP contribution in [0.4, 0.5) is 0 Å². The molecule has 1 heterocycles. The van der Waals surface area contributed by atoms with Gasteiger partial charge in [0, 0.05) is 18.6 Å². The van der Waals surface area contributed by atoms with Crippen molar-refractivity contribution in [1.29, 1.82) is 0 Å². The van der Waals surface area contributed by atoms with Gasteiger partial charge in [-0.2, -0.15) is 5.10 Å². The highest BCUT2D eigenvalue weighted by Crippen LogP contribution is 2.28. The van der Waals surface area contributed by atoms with Crippen LogP contribution >= 0.6 is 11.6 Å². The zero-order valence-electron chi connectivity index (χ0n) is 11.8. The van der Waals surface area contributed by atoms with Gasteiger partial charge in [0.2, 0.25) is 0 Å². The molecule has 0 unspecified atom stereocenters. The Morgan fingerprint density at radius 1 is 1.21 bits per heavy atom. The first kappa shape index (κ1) is 14.9. The lowest BCUT2D eigenvalue weighted by molar-refractivity contribution is 0.460. The van der Waals surface area contributed by atoms with Crippen molar-refractivity contribution in [2.24, 2.45) is 0 Å². The minimum atomic E-state index is 0.657. The molecule has 19 heavy (non-hydrogen) atoms. The first-order chi connectivity index (χ1) is 9.40. The van der Waals surface area contributed by atoms with Crippen molar-refractivity contribution in [3.63, 3.8) is 0 Å². The smallest absolute Gasteiger partial charge is 0.0762 e. The summed E-state index contributed by atoms with van der Waals surface area (Å²) in [5.41, 5.74) is 1.17. The molecule has 1 fully saturated rings. The Balaban J connectivity index is 1.58. The summed E-state index contributed by atoms with van der Waals surface area (Å²) in [6, 6.07) is 2.81. The quantitative estimate of drug-likeness (QED) is 0.550. The fraction of sp³-hybridized carbons (Fsp3) is 0.800. The van der Waals surface area contributed by atoms with E-state index in [-0.39, 0.29) is 0 Å². The highest BCUT2D eigenvalue weighted by atomic mass is 35.5. The number of hydrogen-bond acceptors (Lipinski definition) is 2. The van der Waals surface area contributed by atoms with Gasteiger partial charge >= 0.3 is 0 Å². The molecule has 1 aliphatic rings. The summed E-state index contributed by atoms with van der Waals surface area (Å²) in [5, 5.41) is 8.15. The van der Waals surface area contributed by atoms with Crippen LogP contribution in [0.15, 0.2) is 12.3 Å². The van der Waals surface area contributed by atoms with Crippen LogP contribution in [0.1, 0.15) is 63.1 Å². The van der Waals surface area contributed by atoms with E-state index in [1.807, 2.05) is 0 Å². The molecule has 0 aromatic carbocycles. The van der Waals surface area contributed by atoms with E-state index in [0.717, 1.165) is 25.4 Å². The molecule has 3 nitrogen and oxygen atoms in total. The molecule has 1 saturated carbocycles. The SMILES string of the molecule is ClCCCCCCNCc1ccn(C2CCCC2)n1. The third kappa shape index (κ3) is 5.15. The summed E-state index contributed by atoms with van der Waals surface area (Å²) in [6.07, 6.45) is 12.4. The fourth-order valence-corrected chi connectivity index (χ4v) is 2.95. The van der Waals surface area contributed by atoms with Crippen LogP contribution in [0.5, 0.6) is 0 Å². The molecule has 0 spiro atoms. The van der Waals surface area contributed by atoms with Crippen molar-refractivity contribution in [2.45, 2.75) is 64.0 Å². The van der Waals surface area contributed by atoms with E-state index >= 15 is 0 Å². The van der Waals surface area contributed by atoms with Gasteiger partial charge in [0.05, 0.1) is 11.7 Å². The Bertz CT molecular complexity index is 345. The van der Waals surface area contributed by atoms with Crippen molar-refractivity contribution >= 4 is 11.6 Å². The Labute approximate surface area is 121 Å². The van der Waals surface area contributed by atoms with E-state index in [2.05, 4.69) is 27.4 Å². The molecule has 4 heteroatoms. The molecule has 108 valence electrons. The molecule has 0 atom stereocenters. The lowest BCUT2D eigenvalue weighted by Gasteiger charge is -2.09. The van der Waals surface area contributed by atoms with E-state index in [9.17, 15) is 0 Å². The third-order valence-electron chi connectivity index (χ3n) is 3.91. The summed E-state index contributed by atoms with van der Waals surface area (Å²) in [7, 11) is 0. The van der Waals surface area contributed by atoms with Crippen molar-refractivity contribution in [3.8, 4) is 0 Å². The van der Waals surface area contributed by atoms with Gasteiger partial charge in [-0.1, -0.05) is 25.7 Å². The predicted octanol–water partition coefficient (Wildman–Crippen LogP) is 3.89. The standard InChI is InChI=1S/C15H26ClN3/c16-10-5-1-2-6-11-17-13-14-9-12-19(18-14)15-7-3-4-8-15/h9,12,15,17H,1-8,10-11,13H2. The van der Waals surface area contributed by atoms with Crippen LogP contribution in [-0.2, 0) is 6.54 Å². The molecule has 1 aromatic heterocycles. The van der Waals surface area contributed by atoms with E-state index < -0.39 is 0 Å². The van der Waals surface area contributed by atoms with Gasteiger partial charge in [-0.15, -0.1) is 11.6 Å². The number of aromatic nitrogens is 2. The Morgan fingerprint density at radius 2 is 2.00 bits per heavy atom. The molecular formula is C15H26ClN3. The number of nitrogens with one attached hydrogen (secondary N) is 1. The second-order valence-corrected chi connectivity index (χ2v) is 5.88. The molecule has 1 aliphatic carbocycles. The largest absolute Gasteiger partial charge is 0.311 e. The predicted molar refractivity (Wildman–Crippen MR) is 80.6 cm³/mol. The zero-order valence-corrected chi connectivity index (χ0v) is 12.5. The van der Waals surface area contributed by atoms with Crippen molar-refractivity contribution in [2.75, 3.05) is 12.4 Å². The third-order valence-corrected chi connectivity index (χ3v) is 4.17. The molecule has 0 radical (unpaired) electrons. The monoisotopic (exact) mass is 283 g/mol. The highest BCUT2D eigenvalue weighted by Gasteiger charge is 2.17. The molecular weight excluding hydrogens is 258 g/mol. The van der Waals surface area contributed by atoms with E-state index in [1.54, 1.807) is 0 Å². The maximum Gasteiger partial charge on any atom is 0.0762 e. The van der Waals surface area contributed by atoms with Crippen LogP contribution in [-0.4, -0.2) is 22.2 Å². The highest BCUT2D eigenvalue weighted by molar-refractivity contribution is 6.17. The summed E-state index contributed by atoms with van der Waals surface area (Å²) in [5.74, 6) is 0.798. The first-order valence-electron chi connectivity index (χ1n) is 7.71. The maximum absolute atomic E-state index is 5.65. The number of halogens is 1.